The van der Waals surface area contributed by atoms with E-state index in [1.165, 1.54) is 0 Å². The zero-order valence-corrected chi connectivity index (χ0v) is 20.5. The molecule has 0 bridgehead atoms. The molecular weight excluding hydrogens is 468 g/mol. The molecule has 0 fully saturated rings. The number of nitrogens with one attached hydrogen (secondary N) is 2. The van der Waals surface area contributed by atoms with Crippen molar-refractivity contribution in [2.24, 2.45) is 9.98 Å². The number of aliphatic imine (C=N–C) groups is 2. The minimum absolute atomic E-state index is 0.719. The first kappa shape index (κ1) is 23.1. The van der Waals surface area contributed by atoms with Crippen LogP contribution >= 0.6 is 0 Å². The van der Waals surface area contributed by atoms with Gasteiger partial charge < -0.3 is 10.6 Å². The molecule has 1 heterocycles. The normalized spacial score (nSPS) is 14.3. The van der Waals surface area contributed by atoms with Crippen molar-refractivity contribution in [3.8, 4) is 0 Å². The minimum atomic E-state index is 0.719. The molecule has 38 heavy (non-hydrogen) atoms. The zero-order chi connectivity index (χ0) is 25.6. The summed E-state index contributed by atoms with van der Waals surface area (Å²) in [6.45, 7) is 0. The van der Waals surface area contributed by atoms with Crippen molar-refractivity contribution in [3.05, 3.63) is 145 Å². The first-order valence-electron chi connectivity index (χ1n) is 12.3. The van der Waals surface area contributed by atoms with E-state index in [2.05, 4.69) is 44.9 Å². The van der Waals surface area contributed by atoms with Crippen molar-refractivity contribution in [1.82, 2.24) is 9.97 Å². The van der Waals surface area contributed by atoms with Crippen molar-refractivity contribution in [1.29, 1.82) is 0 Å². The number of rotatable bonds is 6. The lowest BCUT2D eigenvalue weighted by Crippen LogP contribution is -2.16. The highest BCUT2D eigenvalue weighted by atomic mass is 14.9. The van der Waals surface area contributed by atoms with Gasteiger partial charge in [0.05, 0.1) is 22.8 Å². The Morgan fingerprint density at radius 1 is 0.421 bits per heavy atom. The quantitative estimate of drug-likeness (QED) is 0.254. The number of para-hydroxylation sites is 2. The predicted molar refractivity (Wildman–Crippen MR) is 156 cm³/mol. The lowest BCUT2D eigenvalue weighted by Gasteiger charge is -2.13. The van der Waals surface area contributed by atoms with E-state index in [4.69, 9.17) is 9.98 Å². The summed E-state index contributed by atoms with van der Waals surface area (Å²) >= 11 is 0. The van der Waals surface area contributed by atoms with Gasteiger partial charge in [-0.05, 0) is 84.9 Å². The second-order valence-electron chi connectivity index (χ2n) is 8.66. The number of aromatic nitrogens is 2. The smallest absolute Gasteiger partial charge is 0.116 e. The highest BCUT2D eigenvalue weighted by molar-refractivity contribution is 6.24. The van der Waals surface area contributed by atoms with Crippen LogP contribution in [0.4, 0.5) is 34.1 Å². The summed E-state index contributed by atoms with van der Waals surface area (Å²) < 4.78 is 0. The van der Waals surface area contributed by atoms with Crippen LogP contribution in [0, 0.1) is 0 Å². The fourth-order valence-corrected chi connectivity index (χ4v) is 4.10. The van der Waals surface area contributed by atoms with Gasteiger partial charge in [0.25, 0.3) is 0 Å². The number of benzene rings is 4. The molecule has 182 valence electrons. The van der Waals surface area contributed by atoms with E-state index in [9.17, 15) is 0 Å². The number of nitrogens with zero attached hydrogens (tertiary/aromatic N) is 4. The fraction of sp³-hybridized carbons (Fsp3) is 0. The van der Waals surface area contributed by atoms with Crippen LogP contribution in [0.25, 0.3) is 0 Å². The SMILES string of the molecule is C1=CC(=Nc2ccc(Nc3ccc(Nc4ccccc4)cc3)cc2)c2nccnc2C1=Nc1ccccc1. The molecule has 1 aliphatic rings. The third-order valence-electron chi connectivity index (χ3n) is 5.94. The maximum atomic E-state index is 4.84. The molecule has 6 rings (SSSR count). The summed E-state index contributed by atoms with van der Waals surface area (Å²) in [4.78, 5) is 18.7. The molecule has 0 aliphatic heterocycles. The minimum Gasteiger partial charge on any atom is -0.356 e. The average molecular weight is 493 g/mol. The summed E-state index contributed by atoms with van der Waals surface area (Å²) in [5.41, 5.74) is 8.75. The Bertz CT molecular complexity index is 1620. The third-order valence-corrected chi connectivity index (χ3v) is 5.94. The Hall–Kier alpha value is -5.36. The Balaban J connectivity index is 1.17. The van der Waals surface area contributed by atoms with Crippen molar-refractivity contribution in [3.63, 3.8) is 0 Å². The maximum Gasteiger partial charge on any atom is 0.116 e. The molecule has 1 aromatic heterocycles. The summed E-state index contributed by atoms with van der Waals surface area (Å²) in [6.07, 6.45) is 7.24. The summed E-state index contributed by atoms with van der Waals surface area (Å²) in [5.74, 6) is 0. The third kappa shape index (κ3) is 5.39. The predicted octanol–water partition coefficient (Wildman–Crippen LogP) is 7.78. The fourth-order valence-electron chi connectivity index (χ4n) is 4.10. The molecule has 0 spiro atoms. The summed E-state index contributed by atoms with van der Waals surface area (Å²) in [6, 6.07) is 36.2. The standard InChI is InChI=1S/C32H24N6/c1-3-7-23(8-4-1)35-25-11-13-26(14-12-25)36-27-15-17-28(18-16-27)38-30-20-19-29(31-32(30)34-22-21-33-31)37-24-9-5-2-6-10-24/h1-22,35-36H. The van der Waals surface area contributed by atoms with Gasteiger partial charge in [-0.2, -0.15) is 0 Å². The molecule has 6 nitrogen and oxygen atoms in total. The lowest BCUT2D eigenvalue weighted by atomic mass is 10.0. The van der Waals surface area contributed by atoms with Gasteiger partial charge in [0.1, 0.15) is 11.4 Å². The van der Waals surface area contributed by atoms with Crippen LogP contribution in [-0.2, 0) is 0 Å². The molecule has 6 heteroatoms. The molecule has 0 unspecified atom stereocenters. The van der Waals surface area contributed by atoms with E-state index in [-0.39, 0.29) is 0 Å². The Morgan fingerprint density at radius 3 is 1.32 bits per heavy atom. The van der Waals surface area contributed by atoms with Crippen molar-refractivity contribution >= 4 is 45.5 Å². The van der Waals surface area contributed by atoms with Gasteiger partial charge >= 0.3 is 0 Å². The average Bonchev–Trinajstić information content (AvgIpc) is 2.97. The first-order chi connectivity index (χ1) is 18.8. The second kappa shape index (κ2) is 10.7. The molecule has 5 aromatic rings. The van der Waals surface area contributed by atoms with Crippen LogP contribution in [0.2, 0.25) is 0 Å². The highest BCUT2D eigenvalue weighted by Crippen LogP contribution is 2.25. The van der Waals surface area contributed by atoms with E-state index in [0.717, 1.165) is 56.9 Å². The molecule has 0 atom stereocenters. The molecule has 4 aromatic carbocycles. The summed E-state index contributed by atoms with van der Waals surface area (Å²) in [5, 5.41) is 6.84. The van der Waals surface area contributed by atoms with Crippen LogP contribution in [0.3, 0.4) is 0 Å². The van der Waals surface area contributed by atoms with Gasteiger partial charge in [0.15, 0.2) is 0 Å². The second-order valence-corrected chi connectivity index (χ2v) is 8.66. The van der Waals surface area contributed by atoms with Crippen molar-refractivity contribution in [2.75, 3.05) is 10.6 Å². The van der Waals surface area contributed by atoms with Crippen LogP contribution in [-0.4, -0.2) is 21.4 Å². The van der Waals surface area contributed by atoms with Gasteiger partial charge in [0, 0.05) is 35.1 Å². The van der Waals surface area contributed by atoms with Crippen LogP contribution < -0.4 is 10.6 Å². The largest absolute Gasteiger partial charge is 0.356 e. The van der Waals surface area contributed by atoms with E-state index in [1.807, 2.05) is 97.1 Å². The van der Waals surface area contributed by atoms with E-state index >= 15 is 0 Å². The molecule has 2 N–H and O–H groups in total. The van der Waals surface area contributed by atoms with E-state index in [1.54, 1.807) is 12.4 Å². The summed E-state index contributed by atoms with van der Waals surface area (Å²) in [7, 11) is 0. The van der Waals surface area contributed by atoms with Crippen molar-refractivity contribution in [2.45, 2.75) is 0 Å². The van der Waals surface area contributed by atoms with Gasteiger partial charge in [-0.25, -0.2) is 9.98 Å². The maximum absolute atomic E-state index is 4.84. The number of hydrogen-bond acceptors (Lipinski definition) is 6. The van der Waals surface area contributed by atoms with E-state index in [0.29, 0.717) is 0 Å². The van der Waals surface area contributed by atoms with E-state index < -0.39 is 0 Å². The number of anilines is 4. The Morgan fingerprint density at radius 2 is 0.816 bits per heavy atom. The van der Waals surface area contributed by atoms with Gasteiger partial charge in [-0.15, -0.1) is 0 Å². The Kier molecular flexibility index (Phi) is 6.51. The number of hydrogen-bond donors (Lipinski definition) is 2. The molecule has 0 saturated carbocycles. The van der Waals surface area contributed by atoms with Gasteiger partial charge in [-0.1, -0.05) is 36.4 Å². The highest BCUT2D eigenvalue weighted by Gasteiger charge is 2.19. The first-order valence-corrected chi connectivity index (χ1v) is 12.3. The van der Waals surface area contributed by atoms with Gasteiger partial charge in [0.2, 0.25) is 0 Å². The monoisotopic (exact) mass is 492 g/mol. The van der Waals surface area contributed by atoms with Gasteiger partial charge in [-0.3, -0.25) is 9.97 Å². The Labute approximate surface area is 221 Å². The number of allylic oxidation sites excluding steroid dienone is 2. The van der Waals surface area contributed by atoms with Crippen LogP contribution in [0.15, 0.2) is 144 Å². The number of fused-ring (bicyclic) bond motifs is 1. The van der Waals surface area contributed by atoms with Crippen LogP contribution in [0.5, 0.6) is 0 Å². The molecule has 0 saturated heterocycles. The molecule has 0 radical (unpaired) electrons. The molecular formula is C32H24N6. The zero-order valence-electron chi connectivity index (χ0n) is 20.5. The lowest BCUT2D eigenvalue weighted by molar-refractivity contribution is 1.15. The van der Waals surface area contributed by atoms with Crippen molar-refractivity contribution < 1.29 is 0 Å². The van der Waals surface area contributed by atoms with Crippen LogP contribution in [0.1, 0.15) is 11.4 Å². The molecule has 0 amide bonds. The topological polar surface area (TPSA) is 74.6 Å². The molecule has 1 aliphatic carbocycles.